The lowest BCUT2D eigenvalue weighted by Crippen LogP contribution is -2.46. The van der Waals surface area contributed by atoms with E-state index in [-0.39, 0.29) is 6.04 Å². The van der Waals surface area contributed by atoms with Gasteiger partial charge in [-0.05, 0) is 25.7 Å². The summed E-state index contributed by atoms with van der Waals surface area (Å²) in [5, 5.41) is 0. The molecule has 1 saturated carbocycles. The zero-order valence-corrected chi connectivity index (χ0v) is 10.8. The molecule has 0 heterocycles. The molecule has 1 fully saturated rings. The van der Waals surface area contributed by atoms with E-state index in [0.29, 0.717) is 12.6 Å². The molecule has 1 rings (SSSR count). The maximum Gasteiger partial charge on any atom is 0.0626 e. The van der Waals surface area contributed by atoms with E-state index in [0.717, 1.165) is 25.6 Å². The molecule has 96 valence electrons. The number of rotatable bonds is 9. The first-order valence-corrected chi connectivity index (χ1v) is 6.16. The fourth-order valence-corrected chi connectivity index (χ4v) is 2.11. The van der Waals surface area contributed by atoms with E-state index >= 15 is 0 Å². The smallest absolute Gasteiger partial charge is 0.0626 e. The molecule has 2 atom stereocenters. The summed E-state index contributed by atoms with van der Waals surface area (Å²) in [7, 11) is 3.44. The molecule has 0 amide bonds. The summed E-state index contributed by atoms with van der Waals surface area (Å²) in [5.74, 6) is 0.867. The molecule has 2 unspecified atom stereocenters. The summed E-state index contributed by atoms with van der Waals surface area (Å²) in [6, 6.07) is 0.723. The lowest BCUT2D eigenvalue weighted by Gasteiger charge is -2.31. The highest BCUT2D eigenvalue weighted by Gasteiger charge is 2.32. The molecule has 1 aliphatic carbocycles. The van der Waals surface area contributed by atoms with Crippen molar-refractivity contribution in [3.63, 3.8) is 0 Å². The van der Waals surface area contributed by atoms with Crippen molar-refractivity contribution >= 4 is 0 Å². The molecule has 0 spiro atoms. The van der Waals surface area contributed by atoms with Crippen LogP contribution in [0.25, 0.3) is 0 Å². The van der Waals surface area contributed by atoms with Gasteiger partial charge in [-0.3, -0.25) is 4.90 Å². The van der Waals surface area contributed by atoms with Crippen LogP contribution in [0.2, 0.25) is 0 Å². The van der Waals surface area contributed by atoms with Gasteiger partial charge in [0.25, 0.3) is 0 Å². The summed E-state index contributed by atoms with van der Waals surface area (Å²) in [5.41, 5.74) is 6.01. The van der Waals surface area contributed by atoms with Crippen molar-refractivity contribution in [1.29, 1.82) is 0 Å². The van der Waals surface area contributed by atoms with Gasteiger partial charge in [0.05, 0.1) is 13.2 Å². The number of methoxy groups -OCH3 is 2. The van der Waals surface area contributed by atoms with Crippen LogP contribution in [0, 0.1) is 5.92 Å². The van der Waals surface area contributed by atoms with Crippen LogP contribution in [0.5, 0.6) is 0 Å². The molecule has 0 radical (unpaired) electrons. The Hall–Kier alpha value is -0.160. The minimum atomic E-state index is 0.100. The van der Waals surface area contributed by atoms with Gasteiger partial charge in [0, 0.05) is 39.4 Å². The van der Waals surface area contributed by atoms with E-state index in [4.69, 9.17) is 15.2 Å². The van der Waals surface area contributed by atoms with Crippen LogP contribution in [0.1, 0.15) is 19.8 Å². The Morgan fingerprint density at radius 3 is 2.50 bits per heavy atom. The first kappa shape index (κ1) is 13.9. The molecule has 0 aromatic rings. The van der Waals surface area contributed by atoms with Gasteiger partial charge >= 0.3 is 0 Å². The van der Waals surface area contributed by atoms with E-state index in [1.165, 1.54) is 12.8 Å². The Bertz CT molecular complexity index is 186. The van der Waals surface area contributed by atoms with Gasteiger partial charge in [0.1, 0.15) is 0 Å². The Labute approximate surface area is 99.1 Å². The molecule has 4 heteroatoms. The second kappa shape index (κ2) is 7.22. The first-order valence-electron chi connectivity index (χ1n) is 6.16. The van der Waals surface area contributed by atoms with Gasteiger partial charge in [0.15, 0.2) is 0 Å². The van der Waals surface area contributed by atoms with Crippen LogP contribution in [0.4, 0.5) is 0 Å². The molecule has 0 aromatic carbocycles. The molecule has 0 aliphatic heterocycles. The largest absolute Gasteiger partial charge is 0.383 e. The second-order valence-corrected chi connectivity index (χ2v) is 4.78. The maximum absolute atomic E-state index is 6.01. The number of nitrogens with zero attached hydrogens (tertiary/aromatic N) is 1. The summed E-state index contributed by atoms with van der Waals surface area (Å²) >= 11 is 0. The Morgan fingerprint density at radius 1 is 1.31 bits per heavy atom. The third-order valence-corrected chi connectivity index (χ3v) is 3.31. The average molecular weight is 230 g/mol. The van der Waals surface area contributed by atoms with Crippen molar-refractivity contribution in [2.24, 2.45) is 11.7 Å². The summed E-state index contributed by atoms with van der Waals surface area (Å²) < 4.78 is 10.2. The number of ether oxygens (including phenoxy) is 2. The van der Waals surface area contributed by atoms with Crippen LogP contribution in [-0.2, 0) is 9.47 Å². The standard InChI is InChI=1S/C12H26N2O2/c1-10(11-4-5-11)14(6-7-15-2)8-12(13)9-16-3/h10-12H,4-9,13H2,1-3H3. The van der Waals surface area contributed by atoms with Crippen LogP contribution in [0.15, 0.2) is 0 Å². The van der Waals surface area contributed by atoms with Gasteiger partial charge in [-0.15, -0.1) is 0 Å². The average Bonchev–Trinajstić information content (AvgIpc) is 3.07. The molecule has 16 heavy (non-hydrogen) atoms. The van der Waals surface area contributed by atoms with Gasteiger partial charge < -0.3 is 15.2 Å². The summed E-state index contributed by atoms with van der Waals surface area (Å²) in [6.45, 7) is 5.56. The quantitative estimate of drug-likeness (QED) is 0.633. The molecule has 0 saturated heterocycles. The molecular weight excluding hydrogens is 204 g/mol. The highest BCUT2D eigenvalue weighted by molar-refractivity contribution is 4.86. The zero-order chi connectivity index (χ0) is 12.0. The van der Waals surface area contributed by atoms with Crippen molar-refractivity contribution in [3.8, 4) is 0 Å². The molecule has 1 aliphatic rings. The maximum atomic E-state index is 6.01. The summed E-state index contributed by atoms with van der Waals surface area (Å²) in [6.07, 6.45) is 2.73. The SMILES string of the molecule is COCCN(CC(N)COC)C(C)C1CC1. The lowest BCUT2D eigenvalue weighted by molar-refractivity contribution is 0.0953. The highest BCUT2D eigenvalue weighted by Crippen LogP contribution is 2.35. The van der Waals surface area contributed by atoms with E-state index in [1.807, 2.05) is 0 Å². The third-order valence-electron chi connectivity index (χ3n) is 3.31. The van der Waals surface area contributed by atoms with Gasteiger partial charge in [-0.2, -0.15) is 0 Å². The Balaban J connectivity index is 2.35. The molecule has 0 bridgehead atoms. The van der Waals surface area contributed by atoms with Gasteiger partial charge in [-0.1, -0.05) is 0 Å². The van der Waals surface area contributed by atoms with E-state index in [1.54, 1.807) is 14.2 Å². The fraction of sp³-hybridized carbons (Fsp3) is 1.00. The molecule has 0 aromatic heterocycles. The van der Waals surface area contributed by atoms with Crippen molar-refractivity contribution in [2.45, 2.75) is 31.8 Å². The van der Waals surface area contributed by atoms with Crippen LogP contribution >= 0.6 is 0 Å². The number of hydrogen-bond donors (Lipinski definition) is 1. The van der Waals surface area contributed by atoms with Crippen molar-refractivity contribution < 1.29 is 9.47 Å². The normalized spacial score (nSPS) is 20.1. The third kappa shape index (κ3) is 4.78. The minimum absolute atomic E-state index is 0.100. The van der Waals surface area contributed by atoms with Gasteiger partial charge in [-0.25, -0.2) is 0 Å². The van der Waals surface area contributed by atoms with Crippen LogP contribution in [-0.4, -0.2) is 57.5 Å². The van der Waals surface area contributed by atoms with Crippen molar-refractivity contribution in [1.82, 2.24) is 4.90 Å². The highest BCUT2D eigenvalue weighted by atomic mass is 16.5. The monoisotopic (exact) mass is 230 g/mol. The molecular formula is C12H26N2O2. The second-order valence-electron chi connectivity index (χ2n) is 4.78. The Morgan fingerprint density at radius 2 is 2.00 bits per heavy atom. The topological polar surface area (TPSA) is 47.7 Å². The van der Waals surface area contributed by atoms with Crippen LogP contribution in [0.3, 0.4) is 0 Å². The number of hydrogen-bond acceptors (Lipinski definition) is 4. The lowest BCUT2D eigenvalue weighted by atomic mass is 10.1. The number of nitrogens with two attached hydrogens (primary N) is 1. The van der Waals surface area contributed by atoms with Crippen molar-refractivity contribution in [2.75, 3.05) is 40.5 Å². The summed E-state index contributed by atoms with van der Waals surface area (Å²) in [4.78, 5) is 2.44. The van der Waals surface area contributed by atoms with E-state index in [9.17, 15) is 0 Å². The van der Waals surface area contributed by atoms with Crippen molar-refractivity contribution in [3.05, 3.63) is 0 Å². The molecule has 4 nitrogen and oxygen atoms in total. The molecule has 2 N–H and O–H groups in total. The van der Waals surface area contributed by atoms with Gasteiger partial charge in [0.2, 0.25) is 0 Å². The Kier molecular flexibility index (Phi) is 6.28. The fourth-order valence-electron chi connectivity index (χ4n) is 2.11. The van der Waals surface area contributed by atoms with Crippen LogP contribution < -0.4 is 5.73 Å². The van der Waals surface area contributed by atoms with E-state index < -0.39 is 0 Å². The zero-order valence-electron chi connectivity index (χ0n) is 10.8. The predicted molar refractivity (Wildman–Crippen MR) is 65.5 cm³/mol. The minimum Gasteiger partial charge on any atom is -0.383 e. The first-order chi connectivity index (χ1) is 7.69. The van der Waals surface area contributed by atoms with E-state index in [2.05, 4.69) is 11.8 Å². The predicted octanol–water partition coefficient (Wildman–Crippen LogP) is 0.707.